The Morgan fingerprint density at radius 1 is 0.870 bits per heavy atom. The maximum absolute atomic E-state index is 9.58. The normalized spacial score (nSPS) is 10.6. The lowest BCUT2D eigenvalue weighted by atomic mass is 10.0. The van der Waals surface area contributed by atoms with Crippen molar-refractivity contribution in [3.8, 4) is 22.9 Å². The first-order valence-electron chi connectivity index (χ1n) is 7.39. The summed E-state index contributed by atoms with van der Waals surface area (Å²) in [5.41, 5.74) is 4.48. The molecule has 2 heterocycles. The monoisotopic (exact) mass is 295 g/mol. The molecular weight excluding hydrogens is 282 g/mol. The van der Waals surface area contributed by atoms with Crippen LogP contribution in [0.25, 0.3) is 27.8 Å². The SMILES string of the molecule is N#Cc1cc(-c2ccccc2)ccc1-n1ccc2cccnc21. The van der Waals surface area contributed by atoms with E-state index in [1.54, 1.807) is 6.20 Å². The second-order valence-corrected chi connectivity index (χ2v) is 5.31. The van der Waals surface area contributed by atoms with Crippen LogP contribution in [0.15, 0.2) is 79.1 Å². The topological polar surface area (TPSA) is 41.6 Å². The van der Waals surface area contributed by atoms with Gasteiger partial charge in [-0.25, -0.2) is 4.98 Å². The minimum absolute atomic E-state index is 0.634. The summed E-state index contributed by atoms with van der Waals surface area (Å²) in [4.78, 5) is 4.43. The third-order valence-electron chi connectivity index (χ3n) is 3.93. The molecule has 4 rings (SSSR count). The molecule has 0 aliphatic rings. The zero-order valence-corrected chi connectivity index (χ0v) is 12.3. The first-order chi connectivity index (χ1) is 11.4. The van der Waals surface area contributed by atoms with Gasteiger partial charge in [0.25, 0.3) is 0 Å². The molecule has 2 aromatic heterocycles. The fraction of sp³-hybridized carbons (Fsp3) is 0. The largest absolute Gasteiger partial charge is 0.300 e. The molecule has 0 unspecified atom stereocenters. The van der Waals surface area contributed by atoms with E-state index in [0.29, 0.717) is 5.56 Å². The Morgan fingerprint density at radius 3 is 2.57 bits per heavy atom. The summed E-state index contributed by atoms with van der Waals surface area (Å²) in [5.74, 6) is 0. The quantitative estimate of drug-likeness (QED) is 0.544. The molecule has 0 fully saturated rings. The van der Waals surface area contributed by atoms with Gasteiger partial charge in [-0.05, 0) is 41.5 Å². The third-order valence-corrected chi connectivity index (χ3v) is 3.93. The molecule has 0 N–H and O–H groups in total. The van der Waals surface area contributed by atoms with Gasteiger partial charge in [0.15, 0.2) is 0 Å². The predicted molar refractivity (Wildman–Crippen MR) is 91.2 cm³/mol. The molecule has 3 heteroatoms. The lowest BCUT2D eigenvalue weighted by Crippen LogP contribution is -1.97. The van der Waals surface area contributed by atoms with Crippen LogP contribution in [0.2, 0.25) is 0 Å². The highest BCUT2D eigenvalue weighted by molar-refractivity contribution is 5.79. The van der Waals surface area contributed by atoms with Crippen molar-refractivity contribution >= 4 is 11.0 Å². The third kappa shape index (κ3) is 2.27. The molecule has 0 saturated heterocycles. The zero-order valence-electron chi connectivity index (χ0n) is 12.3. The highest BCUT2D eigenvalue weighted by Crippen LogP contribution is 2.26. The van der Waals surface area contributed by atoms with Crippen molar-refractivity contribution in [1.29, 1.82) is 5.26 Å². The van der Waals surface area contributed by atoms with E-state index in [9.17, 15) is 5.26 Å². The van der Waals surface area contributed by atoms with Gasteiger partial charge >= 0.3 is 0 Å². The molecule has 23 heavy (non-hydrogen) atoms. The lowest BCUT2D eigenvalue weighted by molar-refractivity contribution is 1.08. The van der Waals surface area contributed by atoms with Crippen LogP contribution < -0.4 is 0 Å². The number of aromatic nitrogens is 2. The van der Waals surface area contributed by atoms with E-state index in [1.165, 1.54) is 0 Å². The van der Waals surface area contributed by atoms with Crippen LogP contribution in [-0.4, -0.2) is 9.55 Å². The van der Waals surface area contributed by atoms with Gasteiger partial charge in [-0.1, -0.05) is 36.4 Å². The van der Waals surface area contributed by atoms with Crippen LogP contribution >= 0.6 is 0 Å². The molecule has 3 nitrogen and oxygen atoms in total. The van der Waals surface area contributed by atoms with Crippen molar-refractivity contribution in [2.24, 2.45) is 0 Å². The molecule has 0 atom stereocenters. The Kier molecular flexibility index (Phi) is 3.14. The van der Waals surface area contributed by atoms with Gasteiger partial charge in [0.1, 0.15) is 11.7 Å². The second kappa shape index (κ2) is 5.43. The summed E-state index contributed by atoms with van der Waals surface area (Å²) in [6, 6.07) is 24.3. The average Bonchev–Trinajstić information content (AvgIpc) is 3.06. The van der Waals surface area contributed by atoms with Gasteiger partial charge in [-0.15, -0.1) is 0 Å². The summed E-state index contributed by atoms with van der Waals surface area (Å²) < 4.78 is 1.96. The molecule has 2 aromatic carbocycles. The fourth-order valence-electron chi connectivity index (χ4n) is 2.81. The molecule has 0 aliphatic carbocycles. The van der Waals surface area contributed by atoms with E-state index in [2.05, 4.69) is 11.1 Å². The first-order valence-corrected chi connectivity index (χ1v) is 7.39. The molecule has 108 valence electrons. The van der Waals surface area contributed by atoms with E-state index in [0.717, 1.165) is 27.8 Å². The van der Waals surface area contributed by atoms with Gasteiger partial charge in [0, 0.05) is 17.8 Å². The van der Waals surface area contributed by atoms with E-state index in [-0.39, 0.29) is 0 Å². The van der Waals surface area contributed by atoms with Crippen LogP contribution in [0.5, 0.6) is 0 Å². The van der Waals surface area contributed by atoms with Crippen LogP contribution in [0.4, 0.5) is 0 Å². The summed E-state index contributed by atoms with van der Waals surface area (Å²) in [6.45, 7) is 0. The zero-order chi connectivity index (χ0) is 15.6. The van der Waals surface area contributed by atoms with Gasteiger partial charge < -0.3 is 0 Å². The number of rotatable bonds is 2. The minimum atomic E-state index is 0.634. The standard InChI is InChI=1S/C20H13N3/c21-14-18-13-17(15-5-2-1-3-6-15)8-9-19(18)23-12-10-16-7-4-11-22-20(16)23/h1-13H. The molecule has 0 bridgehead atoms. The molecule has 0 spiro atoms. The van der Waals surface area contributed by atoms with Crippen molar-refractivity contribution in [2.75, 3.05) is 0 Å². The summed E-state index contributed by atoms with van der Waals surface area (Å²) in [7, 11) is 0. The molecule has 4 aromatic rings. The number of hydrogen-bond donors (Lipinski definition) is 0. The Labute approximate surface area is 134 Å². The van der Waals surface area contributed by atoms with Crippen LogP contribution in [0.1, 0.15) is 5.56 Å². The van der Waals surface area contributed by atoms with Gasteiger partial charge in [-0.3, -0.25) is 4.57 Å². The molecule has 0 radical (unpaired) electrons. The van der Waals surface area contributed by atoms with Crippen molar-refractivity contribution in [2.45, 2.75) is 0 Å². The molecule has 0 amide bonds. The Morgan fingerprint density at radius 2 is 1.74 bits per heavy atom. The Bertz CT molecular complexity index is 1020. The Hall–Kier alpha value is -3.38. The second-order valence-electron chi connectivity index (χ2n) is 5.31. The van der Waals surface area contributed by atoms with E-state index in [1.807, 2.05) is 77.5 Å². The maximum Gasteiger partial charge on any atom is 0.144 e. The van der Waals surface area contributed by atoms with E-state index >= 15 is 0 Å². The number of nitrogens with zero attached hydrogens (tertiary/aromatic N) is 3. The highest BCUT2D eigenvalue weighted by Gasteiger charge is 2.10. The average molecular weight is 295 g/mol. The van der Waals surface area contributed by atoms with Gasteiger partial charge in [0.2, 0.25) is 0 Å². The first kappa shape index (κ1) is 13.3. The number of fused-ring (bicyclic) bond motifs is 1. The fourth-order valence-corrected chi connectivity index (χ4v) is 2.81. The van der Waals surface area contributed by atoms with Crippen molar-refractivity contribution < 1.29 is 0 Å². The number of benzene rings is 2. The summed E-state index contributed by atoms with van der Waals surface area (Å²) in [5, 5.41) is 10.6. The van der Waals surface area contributed by atoms with E-state index < -0.39 is 0 Å². The highest BCUT2D eigenvalue weighted by atomic mass is 15.0. The number of nitriles is 1. The van der Waals surface area contributed by atoms with Crippen molar-refractivity contribution in [3.63, 3.8) is 0 Å². The maximum atomic E-state index is 9.58. The predicted octanol–water partition coefficient (Wildman–Crippen LogP) is 4.56. The lowest BCUT2D eigenvalue weighted by Gasteiger charge is -2.09. The smallest absolute Gasteiger partial charge is 0.144 e. The molecule has 0 saturated carbocycles. The summed E-state index contributed by atoms with van der Waals surface area (Å²) in [6.07, 6.45) is 3.72. The summed E-state index contributed by atoms with van der Waals surface area (Å²) >= 11 is 0. The van der Waals surface area contributed by atoms with Crippen molar-refractivity contribution in [1.82, 2.24) is 9.55 Å². The van der Waals surface area contributed by atoms with Crippen LogP contribution in [0, 0.1) is 11.3 Å². The molecular formula is C20H13N3. The van der Waals surface area contributed by atoms with Crippen molar-refractivity contribution in [3.05, 3.63) is 84.7 Å². The molecule has 0 aliphatic heterocycles. The van der Waals surface area contributed by atoms with Gasteiger partial charge in [-0.2, -0.15) is 5.26 Å². The Balaban J connectivity index is 1.89. The van der Waals surface area contributed by atoms with Crippen LogP contribution in [0.3, 0.4) is 0 Å². The number of pyridine rings is 1. The minimum Gasteiger partial charge on any atom is -0.300 e. The number of hydrogen-bond acceptors (Lipinski definition) is 2. The van der Waals surface area contributed by atoms with Crippen LogP contribution in [-0.2, 0) is 0 Å². The van der Waals surface area contributed by atoms with Gasteiger partial charge in [0.05, 0.1) is 11.3 Å². The van der Waals surface area contributed by atoms with E-state index in [4.69, 9.17) is 0 Å².